The van der Waals surface area contributed by atoms with Crippen LogP contribution in [0.5, 0.6) is 0 Å². The van der Waals surface area contributed by atoms with Crippen LogP contribution in [0.15, 0.2) is 0 Å². The molecule has 0 heterocycles. The Labute approximate surface area is 69.8 Å². The van der Waals surface area contributed by atoms with Crippen LogP contribution in [0.4, 0.5) is 0 Å². The summed E-state index contributed by atoms with van der Waals surface area (Å²) in [4.78, 5) is 5.12. The first-order valence-electron chi connectivity index (χ1n) is 3.69. The van der Waals surface area contributed by atoms with Crippen molar-refractivity contribution in [2.24, 2.45) is 0 Å². The van der Waals surface area contributed by atoms with E-state index >= 15 is 0 Å². The third-order valence-electron chi connectivity index (χ3n) is 0.984. The van der Waals surface area contributed by atoms with Crippen molar-refractivity contribution in [2.45, 2.75) is 39.5 Å². The summed E-state index contributed by atoms with van der Waals surface area (Å²) in [6, 6.07) is 0. The Kier molecular flexibility index (Phi) is 3.70. The SMILES string of the molecule is CO[Si](C)(C)OOC(C)(C)C. The maximum atomic E-state index is 5.16. The van der Waals surface area contributed by atoms with Gasteiger partial charge < -0.3 is 4.43 Å². The lowest BCUT2D eigenvalue weighted by Crippen LogP contribution is -2.36. The van der Waals surface area contributed by atoms with E-state index in [1.807, 2.05) is 33.9 Å². The van der Waals surface area contributed by atoms with E-state index in [1.54, 1.807) is 7.11 Å². The molecule has 68 valence electrons. The van der Waals surface area contributed by atoms with Gasteiger partial charge in [0.25, 0.3) is 0 Å². The first-order chi connectivity index (χ1) is 4.77. The lowest BCUT2D eigenvalue weighted by atomic mass is 10.2. The van der Waals surface area contributed by atoms with Crippen molar-refractivity contribution >= 4 is 8.56 Å². The Morgan fingerprint density at radius 1 is 1.09 bits per heavy atom. The second-order valence-corrected chi connectivity index (χ2v) is 7.26. The molecule has 0 bridgehead atoms. The molecule has 11 heavy (non-hydrogen) atoms. The highest BCUT2D eigenvalue weighted by atomic mass is 28.4. The molecular weight excluding hydrogens is 160 g/mol. The lowest BCUT2D eigenvalue weighted by molar-refractivity contribution is -0.293. The van der Waals surface area contributed by atoms with Gasteiger partial charge in [-0.3, -0.25) is 4.58 Å². The Morgan fingerprint density at radius 2 is 1.55 bits per heavy atom. The topological polar surface area (TPSA) is 27.7 Å². The van der Waals surface area contributed by atoms with Crippen LogP contribution in [0, 0.1) is 0 Å². The highest BCUT2D eigenvalue weighted by Crippen LogP contribution is 2.13. The van der Waals surface area contributed by atoms with Crippen LogP contribution >= 0.6 is 0 Å². The zero-order chi connectivity index (χ0) is 9.12. The van der Waals surface area contributed by atoms with Gasteiger partial charge in [-0.15, -0.1) is 0 Å². The molecule has 0 amide bonds. The van der Waals surface area contributed by atoms with Gasteiger partial charge in [0.05, 0.1) is 5.60 Å². The smallest absolute Gasteiger partial charge is 0.368 e. The third-order valence-corrected chi connectivity index (χ3v) is 2.45. The molecule has 0 radical (unpaired) electrons. The van der Waals surface area contributed by atoms with Gasteiger partial charge in [-0.05, 0) is 33.9 Å². The minimum atomic E-state index is -2.01. The van der Waals surface area contributed by atoms with E-state index in [2.05, 4.69) is 0 Å². The van der Waals surface area contributed by atoms with Crippen LogP contribution in [-0.2, 0) is 13.9 Å². The van der Waals surface area contributed by atoms with Crippen molar-refractivity contribution < 1.29 is 13.9 Å². The van der Waals surface area contributed by atoms with Crippen molar-refractivity contribution in [2.75, 3.05) is 7.11 Å². The van der Waals surface area contributed by atoms with E-state index in [1.165, 1.54) is 0 Å². The fourth-order valence-corrected chi connectivity index (χ4v) is 0.778. The van der Waals surface area contributed by atoms with Crippen LogP contribution in [0.3, 0.4) is 0 Å². The summed E-state index contributed by atoms with van der Waals surface area (Å²) in [5, 5.41) is 0. The molecule has 0 spiro atoms. The summed E-state index contributed by atoms with van der Waals surface area (Å²) in [5.41, 5.74) is -0.261. The van der Waals surface area contributed by atoms with Crippen LogP contribution in [-0.4, -0.2) is 21.3 Å². The van der Waals surface area contributed by atoms with Gasteiger partial charge in [0.2, 0.25) is 0 Å². The van der Waals surface area contributed by atoms with Gasteiger partial charge in [-0.25, -0.2) is 4.89 Å². The second kappa shape index (κ2) is 3.67. The minimum Gasteiger partial charge on any atom is -0.396 e. The molecule has 0 atom stereocenters. The van der Waals surface area contributed by atoms with Crippen LogP contribution in [0.1, 0.15) is 20.8 Å². The molecule has 3 nitrogen and oxygen atoms in total. The van der Waals surface area contributed by atoms with E-state index in [9.17, 15) is 0 Å². The van der Waals surface area contributed by atoms with E-state index in [0.29, 0.717) is 0 Å². The third kappa shape index (κ3) is 6.49. The Morgan fingerprint density at radius 3 is 1.82 bits per heavy atom. The van der Waals surface area contributed by atoms with Crippen molar-refractivity contribution in [1.82, 2.24) is 0 Å². The highest BCUT2D eigenvalue weighted by molar-refractivity contribution is 6.64. The van der Waals surface area contributed by atoms with E-state index in [4.69, 9.17) is 13.9 Å². The van der Waals surface area contributed by atoms with E-state index < -0.39 is 8.56 Å². The average Bonchev–Trinajstić information content (AvgIpc) is 1.83. The zero-order valence-corrected chi connectivity index (χ0v) is 9.22. The molecule has 0 aliphatic rings. The number of rotatable bonds is 3. The Balaban J connectivity index is 3.70. The van der Waals surface area contributed by atoms with Crippen LogP contribution < -0.4 is 0 Å². The van der Waals surface area contributed by atoms with Crippen LogP contribution in [0.2, 0.25) is 13.1 Å². The van der Waals surface area contributed by atoms with Crippen molar-refractivity contribution in [3.63, 3.8) is 0 Å². The fourth-order valence-electron chi connectivity index (χ4n) is 0.259. The maximum absolute atomic E-state index is 5.16. The van der Waals surface area contributed by atoms with E-state index in [0.717, 1.165) is 0 Å². The van der Waals surface area contributed by atoms with Crippen molar-refractivity contribution in [3.8, 4) is 0 Å². The van der Waals surface area contributed by atoms with Crippen LogP contribution in [0.25, 0.3) is 0 Å². The normalized spacial score (nSPS) is 13.6. The van der Waals surface area contributed by atoms with Gasteiger partial charge in [-0.1, -0.05) is 0 Å². The molecule has 0 aromatic carbocycles. The molecular formula is C7H18O3Si. The molecule has 0 unspecified atom stereocenters. The first kappa shape index (κ1) is 11.1. The molecule has 0 aliphatic carbocycles. The molecule has 0 aromatic heterocycles. The molecule has 0 saturated carbocycles. The molecule has 0 saturated heterocycles. The molecule has 0 rings (SSSR count). The largest absolute Gasteiger partial charge is 0.396 e. The van der Waals surface area contributed by atoms with Gasteiger partial charge in [-0.2, -0.15) is 0 Å². The summed E-state index contributed by atoms with van der Waals surface area (Å²) in [5.74, 6) is 0. The molecule has 0 fully saturated rings. The standard InChI is InChI=1S/C7H18O3Si/c1-7(2,3)9-10-11(5,6)8-4/h1-6H3. The molecule has 0 N–H and O–H groups in total. The van der Waals surface area contributed by atoms with Gasteiger partial charge >= 0.3 is 8.56 Å². The zero-order valence-electron chi connectivity index (χ0n) is 8.22. The van der Waals surface area contributed by atoms with Gasteiger partial charge in [0, 0.05) is 7.11 Å². The molecule has 4 heteroatoms. The minimum absolute atomic E-state index is 0.261. The second-order valence-electron chi connectivity index (χ2n) is 3.88. The predicted molar refractivity (Wildman–Crippen MR) is 46.4 cm³/mol. The fraction of sp³-hybridized carbons (Fsp3) is 1.00. The first-order valence-corrected chi connectivity index (χ1v) is 6.50. The number of hydrogen-bond donors (Lipinski definition) is 0. The number of hydrogen-bond acceptors (Lipinski definition) is 3. The summed E-state index contributed by atoms with van der Waals surface area (Å²) in [6.45, 7) is 9.67. The van der Waals surface area contributed by atoms with Gasteiger partial charge in [0.1, 0.15) is 0 Å². The molecule has 0 aromatic rings. The summed E-state index contributed by atoms with van der Waals surface area (Å²) >= 11 is 0. The maximum Gasteiger partial charge on any atom is 0.368 e. The quantitative estimate of drug-likeness (QED) is 0.376. The lowest BCUT2D eigenvalue weighted by Gasteiger charge is -2.25. The van der Waals surface area contributed by atoms with E-state index in [-0.39, 0.29) is 5.60 Å². The average molecular weight is 178 g/mol. The highest BCUT2D eigenvalue weighted by Gasteiger charge is 2.27. The Bertz CT molecular complexity index is 117. The Hall–Kier alpha value is 0.0969. The molecule has 0 aliphatic heterocycles. The monoisotopic (exact) mass is 178 g/mol. The van der Waals surface area contributed by atoms with Crippen molar-refractivity contribution in [3.05, 3.63) is 0 Å². The van der Waals surface area contributed by atoms with Gasteiger partial charge in [0.15, 0.2) is 0 Å². The summed E-state index contributed by atoms with van der Waals surface area (Å²) in [7, 11) is -0.372. The summed E-state index contributed by atoms with van der Waals surface area (Å²) < 4.78 is 10.3. The summed E-state index contributed by atoms with van der Waals surface area (Å²) in [6.07, 6.45) is 0. The van der Waals surface area contributed by atoms with Crippen molar-refractivity contribution in [1.29, 1.82) is 0 Å². The predicted octanol–water partition coefficient (Wildman–Crippen LogP) is 2.08.